The van der Waals surface area contributed by atoms with Gasteiger partial charge < -0.3 is 15.4 Å². The van der Waals surface area contributed by atoms with Crippen molar-refractivity contribution in [1.29, 1.82) is 0 Å². The minimum atomic E-state index is 0.114. The number of benzene rings is 1. The van der Waals surface area contributed by atoms with Crippen LogP contribution in [0.15, 0.2) is 53.1 Å². The van der Waals surface area contributed by atoms with E-state index < -0.39 is 0 Å². The molecule has 0 bridgehead atoms. The molecule has 0 saturated carbocycles. The summed E-state index contributed by atoms with van der Waals surface area (Å²) in [5, 5.41) is 8.63. The summed E-state index contributed by atoms with van der Waals surface area (Å²) in [6.07, 6.45) is 5.08. The lowest BCUT2D eigenvalue weighted by atomic mass is 10.1. The lowest BCUT2D eigenvalue weighted by Gasteiger charge is -2.14. The van der Waals surface area contributed by atoms with Gasteiger partial charge in [0.05, 0.1) is 18.3 Å². The van der Waals surface area contributed by atoms with Gasteiger partial charge in [-0.15, -0.1) is 11.3 Å². The highest BCUT2D eigenvalue weighted by atomic mass is 32.1. The predicted octanol–water partition coefficient (Wildman–Crippen LogP) is 3.23. The lowest BCUT2D eigenvalue weighted by molar-refractivity contribution is 0.0646. The Morgan fingerprint density at radius 3 is 2.92 bits per heavy atom. The Balaban J connectivity index is 1.33. The summed E-state index contributed by atoms with van der Waals surface area (Å²) in [6.45, 7) is 4.24. The van der Waals surface area contributed by atoms with Gasteiger partial charge in [0, 0.05) is 38.0 Å². The quantitative estimate of drug-likeness (QED) is 0.363. The van der Waals surface area contributed by atoms with Gasteiger partial charge in [0.15, 0.2) is 10.9 Å². The smallest absolute Gasteiger partial charge is 0.193 e. The molecule has 1 aromatic carbocycles. The SMILES string of the molecule is CN=C(NCCCOC(C)c1ccccc1)NCc1cn2ccsc2n1. The molecule has 2 aromatic heterocycles. The number of thiazole rings is 1. The van der Waals surface area contributed by atoms with E-state index in [4.69, 9.17) is 4.74 Å². The molecule has 0 spiro atoms. The predicted molar refractivity (Wildman–Crippen MR) is 107 cm³/mol. The van der Waals surface area contributed by atoms with Crippen LogP contribution in [0.5, 0.6) is 0 Å². The van der Waals surface area contributed by atoms with Crippen LogP contribution >= 0.6 is 11.3 Å². The molecule has 0 saturated heterocycles. The maximum Gasteiger partial charge on any atom is 0.193 e. The Labute approximate surface area is 157 Å². The summed E-state index contributed by atoms with van der Waals surface area (Å²) in [6, 6.07) is 10.3. The third-order valence-corrected chi connectivity index (χ3v) is 4.82. The van der Waals surface area contributed by atoms with Gasteiger partial charge in [-0.3, -0.25) is 9.39 Å². The zero-order valence-electron chi connectivity index (χ0n) is 15.2. The van der Waals surface area contributed by atoms with Gasteiger partial charge in [0.2, 0.25) is 0 Å². The molecule has 0 aliphatic heterocycles. The molecular formula is C19H25N5OS. The highest BCUT2D eigenvalue weighted by Crippen LogP contribution is 2.15. The number of hydrogen-bond acceptors (Lipinski definition) is 4. The van der Waals surface area contributed by atoms with Crippen molar-refractivity contribution >= 4 is 22.3 Å². The van der Waals surface area contributed by atoms with Crippen LogP contribution in [0.1, 0.15) is 30.7 Å². The maximum absolute atomic E-state index is 5.89. The Morgan fingerprint density at radius 2 is 2.15 bits per heavy atom. The third kappa shape index (κ3) is 5.06. The minimum absolute atomic E-state index is 0.114. The fraction of sp³-hybridized carbons (Fsp3) is 0.368. The second kappa shape index (κ2) is 9.35. The second-order valence-electron chi connectivity index (χ2n) is 5.95. The van der Waals surface area contributed by atoms with Crippen LogP contribution in [0.25, 0.3) is 4.96 Å². The summed E-state index contributed by atoms with van der Waals surface area (Å²) >= 11 is 1.63. The number of aliphatic imine (C=N–C) groups is 1. The third-order valence-electron chi connectivity index (χ3n) is 4.05. The molecule has 0 fully saturated rings. The molecule has 0 aliphatic carbocycles. The van der Waals surface area contributed by atoms with Crippen LogP contribution in [-0.2, 0) is 11.3 Å². The van der Waals surface area contributed by atoms with E-state index in [-0.39, 0.29) is 6.10 Å². The zero-order valence-corrected chi connectivity index (χ0v) is 16.0. The van der Waals surface area contributed by atoms with E-state index in [0.29, 0.717) is 13.2 Å². The number of ether oxygens (including phenoxy) is 1. The van der Waals surface area contributed by atoms with Crippen molar-refractivity contribution in [2.45, 2.75) is 26.0 Å². The van der Waals surface area contributed by atoms with E-state index in [0.717, 1.165) is 29.6 Å². The van der Waals surface area contributed by atoms with Crippen molar-refractivity contribution in [1.82, 2.24) is 20.0 Å². The summed E-state index contributed by atoms with van der Waals surface area (Å²) in [5.74, 6) is 0.775. The summed E-state index contributed by atoms with van der Waals surface area (Å²) in [5.41, 5.74) is 2.21. The molecule has 3 rings (SSSR count). The number of nitrogens with one attached hydrogen (secondary N) is 2. The first kappa shape index (κ1) is 18.4. The number of rotatable bonds is 8. The fourth-order valence-electron chi connectivity index (χ4n) is 2.62. The Hall–Kier alpha value is -2.38. The van der Waals surface area contributed by atoms with Crippen molar-refractivity contribution in [3.63, 3.8) is 0 Å². The lowest BCUT2D eigenvalue weighted by Crippen LogP contribution is -2.37. The molecule has 2 heterocycles. The average molecular weight is 372 g/mol. The van der Waals surface area contributed by atoms with Crippen molar-refractivity contribution in [3.05, 3.63) is 59.4 Å². The standard InChI is InChI=1S/C19H25N5OS/c1-15(16-7-4-3-5-8-16)25-11-6-9-21-18(20-2)22-13-17-14-24-10-12-26-19(24)23-17/h3-5,7-8,10,12,14-15H,6,9,11,13H2,1-2H3,(H2,20,21,22). The average Bonchev–Trinajstić information content (AvgIpc) is 3.26. The molecule has 0 amide bonds. The van der Waals surface area contributed by atoms with Crippen LogP contribution in [0.2, 0.25) is 0 Å². The Morgan fingerprint density at radius 1 is 1.31 bits per heavy atom. The molecule has 0 radical (unpaired) electrons. The van der Waals surface area contributed by atoms with Crippen LogP contribution in [0, 0.1) is 0 Å². The first-order valence-corrected chi connectivity index (χ1v) is 9.66. The molecule has 26 heavy (non-hydrogen) atoms. The van der Waals surface area contributed by atoms with Crippen molar-refractivity contribution in [3.8, 4) is 0 Å². The maximum atomic E-state index is 5.89. The van der Waals surface area contributed by atoms with Gasteiger partial charge in [-0.1, -0.05) is 30.3 Å². The number of nitrogens with zero attached hydrogens (tertiary/aromatic N) is 3. The Bertz CT molecular complexity index is 798. The molecule has 6 nitrogen and oxygen atoms in total. The van der Waals surface area contributed by atoms with Gasteiger partial charge in [0.1, 0.15) is 0 Å². The van der Waals surface area contributed by atoms with Crippen LogP contribution < -0.4 is 10.6 Å². The molecule has 2 N–H and O–H groups in total. The summed E-state index contributed by atoms with van der Waals surface area (Å²) in [4.78, 5) is 9.81. The molecule has 138 valence electrons. The highest BCUT2D eigenvalue weighted by Gasteiger charge is 2.05. The largest absolute Gasteiger partial charge is 0.374 e. The number of imidazole rings is 1. The van der Waals surface area contributed by atoms with Gasteiger partial charge in [-0.05, 0) is 18.9 Å². The van der Waals surface area contributed by atoms with Gasteiger partial charge >= 0.3 is 0 Å². The summed E-state index contributed by atoms with van der Waals surface area (Å²) < 4.78 is 7.92. The molecule has 7 heteroatoms. The number of guanidine groups is 1. The summed E-state index contributed by atoms with van der Waals surface area (Å²) in [7, 11) is 1.77. The zero-order chi connectivity index (χ0) is 18.2. The van der Waals surface area contributed by atoms with Crippen molar-refractivity contribution < 1.29 is 4.74 Å². The normalized spacial score (nSPS) is 13.1. The van der Waals surface area contributed by atoms with E-state index in [2.05, 4.69) is 39.7 Å². The molecular weight excluding hydrogens is 346 g/mol. The monoisotopic (exact) mass is 371 g/mol. The van der Waals surface area contributed by atoms with Crippen LogP contribution in [-0.4, -0.2) is 35.5 Å². The highest BCUT2D eigenvalue weighted by molar-refractivity contribution is 7.15. The number of hydrogen-bond donors (Lipinski definition) is 2. The van der Waals surface area contributed by atoms with Gasteiger partial charge in [0.25, 0.3) is 0 Å². The van der Waals surface area contributed by atoms with Gasteiger partial charge in [-0.2, -0.15) is 0 Å². The first-order valence-electron chi connectivity index (χ1n) is 8.78. The molecule has 0 aliphatic rings. The number of aromatic nitrogens is 2. The number of fused-ring (bicyclic) bond motifs is 1. The fourth-order valence-corrected chi connectivity index (χ4v) is 3.33. The van der Waals surface area contributed by atoms with E-state index in [1.54, 1.807) is 18.4 Å². The van der Waals surface area contributed by atoms with Gasteiger partial charge in [-0.25, -0.2) is 4.98 Å². The first-order chi connectivity index (χ1) is 12.8. The van der Waals surface area contributed by atoms with Crippen molar-refractivity contribution in [2.75, 3.05) is 20.2 Å². The van der Waals surface area contributed by atoms with E-state index in [9.17, 15) is 0 Å². The molecule has 3 aromatic rings. The van der Waals surface area contributed by atoms with Crippen LogP contribution in [0.4, 0.5) is 0 Å². The Kier molecular flexibility index (Phi) is 6.62. The van der Waals surface area contributed by atoms with Crippen molar-refractivity contribution in [2.24, 2.45) is 4.99 Å². The topological polar surface area (TPSA) is 63.0 Å². The molecule has 1 unspecified atom stereocenters. The second-order valence-corrected chi connectivity index (χ2v) is 6.83. The molecule has 1 atom stereocenters. The van der Waals surface area contributed by atoms with E-state index >= 15 is 0 Å². The van der Waals surface area contributed by atoms with E-state index in [1.807, 2.05) is 40.4 Å². The van der Waals surface area contributed by atoms with E-state index in [1.165, 1.54) is 5.56 Å². The van der Waals surface area contributed by atoms with Crippen LogP contribution in [0.3, 0.4) is 0 Å². The minimum Gasteiger partial charge on any atom is -0.374 e.